The van der Waals surface area contributed by atoms with Gasteiger partial charge in [0.15, 0.2) is 23.3 Å². The summed E-state index contributed by atoms with van der Waals surface area (Å²) in [6.07, 6.45) is 2.06. The zero-order chi connectivity index (χ0) is 29.2. The summed E-state index contributed by atoms with van der Waals surface area (Å²) in [5.41, 5.74) is -0.0703. The van der Waals surface area contributed by atoms with Gasteiger partial charge >= 0.3 is 11.9 Å². The van der Waals surface area contributed by atoms with E-state index in [9.17, 15) is 14.4 Å². The van der Waals surface area contributed by atoms with E-state index >= 15 is 0 Å². The molecular weight excluding hydrogens is 526 g/mol. The van der Waals surface area contributed by atoms with Crippen LogP contribution in [0.1, 0.15) is 56.4 Å². The predicted molar refractivity (Wildman–Crippen MR) is 150 cm³/mol. The number of nitrogens with zero attached hydrogens (tertiary/aromatic N) is 1. The Hall–Kier alpha value is -4.40. The SMILES string of the molecule is COc1ccnc(C(=O)C[C@H]2CCCC[C@H](Oc3ccccc3)[C@@H](Oc3ccccc3)[C@H](C)OC2=O)c1OC(C)=O. The van der Waals surface area contributed by atoms with Gasteiger partial charge in [-0.3, -0.25) is 14.4 Å². The molecule has 0 spiro atoms. The molecule has 0 saturated carbocycles. The minimum Gasteiger partial charge on any atom is -0.493 e. The third-order valence-corrected chi connectivity index (χ3v) is 6.83. The maximum absolute atomic E-state index is 13.5. The van der Waals surface area contributed by atoms with Crippen LogP contribution in [0.5, 0.6) is 23.0 Å². The predicted octanol–water partition coefficient (Wildman–Crippen LogP) is 5.61. The van der Waals surface area contributed by atoms with E-state index < -0.39 is 35.8 Å². The number of para-hydroxylation sites is 2. The molecule has 0 radical (unpaired) electrons. The van der Waals surface area contributed by atoms with E-state index in [1.54, 1.807) is 6.92 Å². The molecule has 1 aromatic heterocycles. The summed E-state index contributed by atoms with van der Waals surface area (Å²) in [6, 6.07) is 20.3. The Morgan fingerprint density at radius 2 is 1.56 bits per heavy atom. The summed E-state index contributed by atoms with van der Waals surface area (Å²) >= 11 is 0. The lowest BCUT2D eigenvalue weighted by Gasteiger charge is -2.34. The average molecular weight is 562 g/mol. The molecule has 0 unspecified atom stereocenters. The van der Waals surface area contributed by atoms with Crippen LogP contribution < -0.4 is 18.9 Å². The molecule has 0 aliphatic carbocycles. The Labute approximate surface area is 239 Å². The van der Waals surface area contributed by atoms with Gasteiger partial charge in [-0.1, -0.05) is 42.8 Å². The van der Waals surface area contributed by atoms with Crippen LogP contribution in [-0.2, 0) is 14.3 Å². The lowest BCUT2D eigenvalue weighted by atomic mass is 9.92. The summed E-state index contributed by atoms with van der Waals surface area (Å²) in [4.78, 5) is 42.6. The molecule has 1 saturated heterocycles. The largest absolute Gasteiger partial charge is 0.493 e. The van der Waals surface area contributed by atoms with Crippen molar-refractivity contribution >= 4 is 17.7 Å². The average Bonchev–Trinajstić information content (AvgIpc) is 2.97. The molecule has 0 amide bonds. The van der Waals surface area contributed by atoms with Crippen molar-refractivity contribution in [2.75, 3.05) is 7.11 Å². The van der Waals surface area contributed by atoms with Crippen molar-refractivity contribution in [3.05, 3.63) is 78.6 Å². The molecule has 2 aromatic carbocycles. The molecule has 1 aliphatic rings. The number of ketones is 1. The van der Waals surface area contributed by atoms with Gasteiger partial charge in [0.05, 0.1) is 13.0 Å². The zero-order valence-electron chi connectivity index (χ0n) is 23.5. The molecule has 3 aromatic rings. The maximum atomic E-state index is 13.5. The fraction of sp³-hybridized carbons (Fsp3) is 0.375. The van der Waals surface area contributed by atoms with Crippen molar-refractivity contribution in [1.82, 2.24) is 4.98 Å². The van der Waals surface area contributed by atoms with Crippen LogP contribution in [-0.4, -0.2) is 48.1 Å². The first-order valence-electron chi connectivity index (χ1n) is 13.7. The van der Waals surface area contributed by atoms with E-state index in [1.807, 2.05) is 60.7 Å². The number of esters is 2. The molecular formula is C32H35NO8. The highest BCUT2D eigenvalue weighted by molar-refractivity contribution is 6.00. The molecule has 0 N–H and O–H groups in total. The molecule has 4 rings (SSSR count). The summed E-state index contributed by atoms with van der Waals surface area (Å²) in [5.74, 6) is -0.821. The van der Waals surface area contributed by atoms with Crippen molar-refractivity contribution in [3.63, 3.8) is 0 Å². The number of hydrogen-bond donors (Lipinski definition) is 0. The van der Waals surface area contributed by atoms with E-state index in [1.165, 1.54) is 26.3 Å². The Balaban J connectivity index is 1.55. The van der Waals surface area contributed by atoms with Crippen molar-refractivity contribution in [3.8, 4) is 23.0 Å². The molecule has 9 nitrogen and oxygen atoms in total. The minimum absolute atomic E-state index is 0.0636. The van der Waals surface area contributed by atoms with Gasteiger partial charge in [-0.15, -0.1) is 0 Å². The van der Waals surface area contributed by atoms with E-state index in [-0.39, 0.29) is 29.7 Å². The van der Waals surface area contributed by atoms with E-state index in [4.69, 9.17) is 23.7 Å². The van der Waals surface area contributed by atoms with Crippen molar-refractivity contribution in [2.45, 2.75) is 64.3 Å². The molecule has 1 aliphatic heterocycles. The standard InChI is InChI=1S/C32H35NO8/c1-21-30(41-25-15-8-5-9-16-25)28(40-24-13-6-4-7-14-24)17-11-10-12-23(32(36)38-21)20-26(35)29-31(39-22(2)34)27(37-3)18-19-33-29/h4-9,13-16,18-19,21,23,28,30H,10-12,17,20H2,1-3H3/t21-,23+,28-,30-/m0/s1. The number of benzene rings is 2. The quantitative estimate of drug-likeness (QED) is 0.243. The summed E-state index contributed by atoms with van der Waals surface area (Å²) < 4.78 is 29.2. The van der Waals surface area contributed by atoms with Crippen molar-refractivity contribution < 1.29 is 38.1 Å². The van der Waals surface area contributed by atoms with Crippen LogP contribution in [0.3, 0.4) is 0 Å². The van der Waals surface area contributed by atoms with Gasteiger partial charge < -0.3 is 23.7 Å². The van der Waals surface area contributed by atoms with Gasteiger partial charge in [0.1, 0.15) is 23.7 Å². The second-order valence-corrected chi connectivity index (χ2v) is 9.90. The molecule has 0 bridgehead atoms. The lowest BCUT2D eigenvalue weighted by Crippen LogP contribution is -2.47. The number of cyclic esters (lactones) is 1. The highest BCUT2D eigenvalue weighted by Gasteiger charge is 2.37. The van der Waals surface area contributed by atoms with Gasteiger partial charge in [-0.25, -0.2) is 4.98 Å². The van der Waals surface area contributed by atoms with Gasteiger partial charge in [0.2, 0.25) is 5.75 Å². The van der Waals surface area contributed by atoms with Crippen LogP contribution in [0.2, 0.25) is 0 Å². The first-order valence-corrected chi connectivity index (χ1v) is 13.7. The number of ether oxygens (including phenoxy) is 5. The second-order valence-electron chi connectivity index (χ2n) is 9.90. The van der Waals surface area contributed by atoms with Crippen molar-refractivity contribution in [2.24, 2.45) is 5.92 Å². The third-order valence-electron chi connectivity index (χ3n) is 6.83. The van der Waals surface area contributed by atoms with E-state index in [2.05, 4.69) is 4.98 Å². The highest BCUT2D eigenvalue weighted by Crippen LogP contribution is 2.33. The molecule has 2 heterocycles. The number of methoxy groups -OCH3 is 1. The third kappa shape index (κ3) is 8.06. The second kappa shape index (κ2) is 14.3. The summed E-state index contributed by atoms with van der Waals surface area (Å²) in [6.45, 7) is 3.00. The Morgan fingerprint density at radius 3 is 2.20 bits per heavy atom. The van der Waals surface area contributed by atoms with Crippen LogP contribution in [0.4, 0.5) is 0 Å². The molecule has 1 fully saturated rings. The lowest BCUT2D eigenvalue weighted by molar-refractivity contribution is -0.161. The first-order chi connectivity index (χ1) is 19.9. The van der Waals surface area contributed by atoms with Crippen LogP contribution in [0.25, 0.3) is 0 Å². The Morgan fingerprint density at radius 1 is 0.927 bits per heavy atom. The van der Waals surface area contributed by atoms with Gasteiger partial charge in [0, 0.05) is 25.6 Å². The van der Waals surface area contributed by atoms with Gasteiger partial charge in [0.25, 0.3) is 0 Å². The number of carbonyl (C=O) groups excluding carboxylic acids is 3. The maximum Gasteiger partial charge on any atom is 0.309 e. The topological polar surface area (TPSA) is 110 Å². The number of hydrogen-bond acceptors (Lipinski definition) is 9. The van der Waals surface area contributed by atoms with Gasteiger partial charge in [-0.2, -0.15) is 0 Å². The highest BCUT2D eigenvalue weighted by atomic mass is 16.6. The fourth-order valence-corrected chi connectivity index (χ4v) is 4.83. The summed E-state index contributed by atoms with van der Waals surface area (Å²) in [5, 5.41) is 0. The number of carbonyl (C=O) groups is 3. The number of pyridine rings is 1. The van der Waals surface area contributed by atoms with Crippen molar-refractivity contribution in [1.29, 1.82) is 0 Å². The van der Waals surface area contributed by atoms with Crippen LogP contribution in [0.15, 0.2) is 72.9 Å². The fourth-order valence-electron chi connectivity index (χ4n) is 4.83. The normalized spacial score (nSPS) is 21.2. The Kier molecular flexibility index (Phi) is 10.3. The first kappa shape index (κ1) is 29.6. The minimum atomic E-state index is -0.716. The smallest absolute Gasteiger partial charge is 0.309 e. The number of aromatic nitrogens is 1. The molecule has 216 valence electrons. The van der Waals surface area contributed by atoms with E-state index in [0.717, 1.165) is 6.42 Å². The molecule has 4 atom stereocenters. The summed E-state index contributed by atoms with van der Waals surface area (Å²) in [7, 11) is 1.40. The van der Waals surface area contributed by atoms with Crippen LogP contribution in [0, 0.1) is 5.92 Å². The van der Waals surface area contributed by atoms with E-state index in [0.29, 0.717) is 30.8 Å². The molecule has 9 heteroatoms. The monoisotopic (exact) mass is 561 g/mol. The Bertz CT molecular complexity index is 1310. The molecule has 41 heavy (non-hydrogen) atoms. The number of rotatable bonds is 9. The number of Topliss-reactive ketones (excluding diaryl/α,β-unsaturated/α-hetero) is 1. The zero-order valence-corrected chi connectivity index (χ0v) is 23.5. The van der Waals surface area contributed by atoms with Crippen LogP contribution >= 0.6 is 0 Å². The van der Waals surface area contributed by atoms with Gasteiger partial charge in [-0.05, 0) is 50.5 Å².